The highest BCUT2D eigenvalue weighted by atomic mass is 16.6. The Morgan fingerprint density at radius 3 is 1.81 bits per heavy atom. The van der Waals surface area contributed by atoms with E-state index in [0.29, 0.717) is 0 Å². The molecule has 0 heterocycles. The molecule has 0 aliphatic carbocycles. The molecule has 1 aromatic rings. The highest BCUT2D eigenvalue weighted by Gasteiger charge is 2.23. The maximum atomic E-state index is 11.1. The molecule has 9 nitrogen and oxygen atoms in total. The second-order valence-corrected chi connectivity index (χ2v) is 3.59. The van der Waals surface area contributed by atoms with Gasteiger partial charge < -0.3 is 18.9 Å². The first-order chi connectivity index (χ1) is 9.99. The van der Waals surface area contributed by atoms with E-state index in [0.717, 1.165) is 14.2 Å². The molecule has 0 fully saturated rings. The fraction of sp³-hybridized carbons (Fsp3) is 0.333. The number of carbonyl (C=O) groups is 2. The van der Waals surface area contributed by atoms with Crippen LogP contribution in [-0.2, 0) is 19.1 Å². The molecular formula is C12H13NO8. The molecule has 0 aliphatic heterocycles. The summed E-state index contributed by atoms with van der Waals surface area (Å²) in [6, 6.07) is 4.02. The molecule has 0 spiro atoms. The van der Waals surface area contributed by atoms with Crippen molar-refractivity contribution in [1.82, 2.24) is 0 Å². The third-order valence-electron chi connectivity index (χ3n) is 2.29. The minimum atomic E-state index is -0.737. The number of rotatable bonds is 7. The zero-order valence-corrected chi connectivity index (χ0v) is 11.4. The van der Waals surface area contributed by atoms with Gasteiger partial charge >= 0.3 is 17.6 Å². The van der Waals surface area contributed by atoms with Gasteiger partial charge in [-0.1, -0.05) is 6.07 Å². The van der Waals surface area contributed by atoms with Gasteiger partial charge in [-0.3, -0.25) is 10.1 Å². The van der Waals surface area contributed by atoms with Gasteiger partial charge in [-0.2, -0.15) is 0 Å². The highest BCUT2D eigenvalue weighted by Crippen LogP contribution is 2.36. The van der Waals surface area contributed by atoms with Crippen LogP contribution in [0, 0.1) is 10.1 Å². The van der Waals surface area contributed by atoms with E-state index in [1.54, 1.807) is 0 Å². The average molecular weight is 299 g/mol. The van der Waals surface area contributed by atoms with Gasteiger partial charge in [0.05, 0.1) is 19.1 Å². The Bertz CT molecular complexity index is 504. The third-order valence-corrected chi connectivity index (χ3v) is 2.29. The molecule has 0 atom stereocenters. The van der Waals surface area contributed by atoms with Crippen LogP contribution in [0.15, 0.2) is 18.2 Å². The summed E-state index contributed by atoms with van der Waals surface area (Å²) in [7, 11) is 2.33. The van der Waals surface area contributed by atoms with Gasteiger partial charge in [-0.05, 0) is 12.1 Å². The smallest absolute Gasteiger partial charge is 0.352 e. The van der Waals surface area contributed by atoms with Crippen LogP contribution in [0.1, 0.15) is 0 Å². The monoisotopic (exact) mass is 299 g/mol. The summed E-state index contributed by atoms with van der Waals surface area (Å²) in [6.07, 6.45) is 0. The summed E-state index contributed by atoms with van der Waals surface area (Å²) < 4.78 is 18.8. The molecule has 0 N–H and O–H groups in total. The maximum absolute atomic E-state index is 11.1. The zero-order valence-electron chi connectivity index (χ0n) is 11.4. The summed E-state index contributed by atoms with van der Waals surface area (Å²) in [6.45, 7) is -0.977. The molecule has 1 rings (SSSR count). The minimum Gasteiger partial charge on any atom is -0.475 e. The number of benzene rings is 1. The quantitative estimate of drug-likeness (QED) is 0.410. The van der Waals surface area contributed by atoms with Gasteiger partial charge in [-0.15, -0.1) is 0 Å². The van der Waals surface area contributed by atoms with Crippen molar-refractivity contribution in [2.24, 2.45) is 0 Å². The van der Waals surface area contributed by atoms with Crippen molar-refractivity contribution in [2.45, 2.75) is 0 Å². The van der Waals surface area contributed by atoms with Crippen LogP contribution >= 0.6 is 0 Å². The standard InChI is InChI=1S/C12H13NO8/c1-18-10(14)6-20-8-4-3-5-9(12(8)13(16)17)21-7-11(15)19-2/h3-5H,6-7H2,1-2H3. The number of hydrogen-bond donors (Lipinski definition) is 0. The number of hydrogen-bond acceptors (Lipinski definition) is 8. The van der Waals surface area contributed by atoms with Crippen LogP contribution in [0.5, 0.6) is 11.5 Å². The SMILES string of the molecule is COC(=O)COc1cccc(OCC(=O)OC)c1[N+](=O)[O-]. The molecular weight excluding hydrogens is 286 g/mol. The fourth-order valence-corrected chi connectivity index (χ4v) is 1.31. The van der Waals surface area contributed by atoms with E-state index in [9.17, 15) is 19.7 Å². The fourth-order valence-electron chi connectivity index (χ4n) is 1.31. The number of nitro benzene ring substituents is 1. The predicted octanol–water partition coefficient (Wildman–Crippen LogP) is 0.698. The first-order valence-corrected chi connectivity index (χ1v) is 5.66. The Balaban J connectivity index is 2.95. The van der Waals surface area contributed by atoms with Crippen LogP contribution in [0.2, 0.25) is 0 Å². The Kier molecular flexibility index (Phi) is 5.93. The van der Waals surface area contributed by atoms with E-state index in [1.807, 2.05) is 0 Å². The van der Waals surface area contributed by atoms with E-state index in [2.05, 4.69) is 9.47 Å². The molecule has 0 saturated heterocycles. The van der Waals surface area contributed by atoms with Gasteiger partial charge in [0.15, 0.2) is 13.2 Å². The number of methoxy groups -OCH3 is 2. The van der Waals surface area contributed by atoms with E-state index >= 15 is 0 Å². The van der Waals surface area contributed by atoms with Gasteiger partial charge in [-0.25, -0.2) is 9.59 Å². The first-order valence-electron chi connectivity index (χ1n) is 5.66. The summed E-state index contributed by atoms with van der Waals surface area (Å²) in [5.41, 5.74) is -0.495. The zero-order chi connectivity index (χ0) is 15.8. The normalized spacial score (nSPS) is 9.62. The lowest BCUT2D eigenvalue weighted by Gasteiger charge is -2.09. The van der Waals surface area contributed by atoms with Gasteiger partial charge in [0, 0.05) is 0 Å². The van der Waals surface area contributed by atoms with Crippen LogP contribution in [0.25, 0.3) is 0 Å². The topological polar surface area (TPSA) is 114 Å². The maximum Gasteiger partial charge on any atom is 0.352 e. The van der Waals surface area contributed by atoms with Crippen molar-refractivity contribution in [3.8, 4) is 11.5 Å². The molecule has 0 bridgehead atoms. The number of esters is 2. The summed E-state index contributed by atoms with van der Waals surface area (Å²) in [5, 5.41) is 11.1. The molecule has 0 unspecified atom stereocenters. The number of para-hydroxylation sites is 1. The molecule has 21 heavy (non-hydrogen) atoms. The van der Waals surface area contributed by atoms with Crippen molar-refractivity contribution in [2.75, 3.05) is 27.4 Å². The van der Waals surface area contributed by atoms with Crippen LogP contribution in [-0.4, -0.2) is 44.3 Å². The summed E-state index contributed by atoms with van der Waals surface area (Å²) in [4.78, 5) is 32.3. The van der Waals surface area contributed by atoms with Crippen molar-refractivity contribution in [3.63, 3.8) is 0 Å². The number of carbonyl (C=O) groups excluding carboxylic acids is 2. The Labute approximate surface area is 119 Å². The number of ether oxygens (including phenoxy) is 4. The molecule has 114 valence electrons. The highest BCUT2D eigenvalue weighted by molar-refractivity contribution is 5.72. The molecule has 0 amide bonds. The third kappa shape index (κ3) is 4.64. The summed E-state index contributed by atoms with van der Waals surface area (Å²) in [5.74, 6) is -1.73. The van der Waals surface area contributed by atoms with Crippen molar-refractivity contribution >= 4 is 17.6 Å². The van der Waals surface area contributed by atoms with E-state index in [4.69, 9.17) is 9.47 Å². The lowest BCUT2D eigenvalue weighted by molar-refractivity contribution is -0.386. The molecule has 9 heteroatoms. The van der Waals surface area contributed by atoms with E-state index in [-0.39, 0.29) is 11.5 Å². The Morgan fingerprint density at radius 2 is 1.48 bits per heavy atom. The minimum absolute atomic E-state index is 0.173. The lowest BCUT2D eigenvalue weighted by atomic mass is 10.2. The molecule has 0 aliphatic rings. The average Bonchev–Trinajstić information content (AvgIpc) is 2.49. The second kappa shape index (κ2) is 7.68. The van der Waals surface area contributed by atoms with Crippen molar-refractivity contribution < 1.29 is 33.5 Å². The van der Waals surface area contributed by atoms with Gasteiger partial charge in [0.25, 0.3) is 0 Å². The van der Waals surface area contributed by atoms with Crippen LogP contribution in [0.4, 0.5) is 5.69 Å². The van der Waals surface area contributed by atoms with Crippen molar-refractivity contribution in [3.05, 3.63) is 28.3 Å². The molecule has 0 aromatic heterocycles. The number of nitro groups is 1. The van der Waals surface area contributed by atoms with E-state index in [1.165, 1.54) is 18.2 Å². The van der Waals surface area contributed by atoms with Gasteiger partial charge in [0.1, 0.15) is 0 Å². The summed E-state index contributed by atoms with van der Waals surface area (Å²) >= 11 is 0. The van der Waals surface area contributed by atoms with Crippen LogP contribution in [0.3, 0.4) is 0 Å². The van der Waals surface area contributed by atoms with Crippen molar-refractivity contribution in [1.29, 1.82) is 0 Å². The predicted molar refractivity (Wildman–Crippen MR) is 68.1 cm³/mol. The largest absolute Gasteiger partial charge is 0.475 e. The van der Waals surface area contributed by atoms with E-state index < -0.39 is 35.8 Å². The first kappa shape index (κ1) is 16.2. The second-order valence-electron chi connectivity index (χ2n) is 3.59. The van der Waals surface area contributed by atoms with Crippen LogP contribution < -0.4 is 9.47 Å². The Hall–Kier alpha value is -2.84. The van der Waals surface area contributed by atoms with Gasteiger partial charge in [0.2, 0.25) is 11.5 Å². The number of nitrogens with zero attached hydrogens (tertiary/aromatic N) is 1. The lowest BCUT2D eigenvalue weighted by Crippen LogP contribution is -2.15. The molecule has 0 radical (unpaired) electrons. The molecule has 0 saturated carbocycles. The molecule has 1 aromatic carbocycles. The Morgan fingerprint density at radius 1 is 1.05 bits per heavy atom.